The highest BCUT2D eigenvalue weighted by atomic mass is 16.5. The first kappa shape index (κ1) is 16.8. The SMILES string of the molecule is COCc1cc(C2CN(C(=O)C3=C(C)N(C)c4ncnn4C3C)C2)no1. The minimum absolute atomic E-state index is 0.0415. The Bertz CT molecular complexity index is 863. The van der Waals surface area contributed by atoms with E-state index in [2.05, 4.69) is 15.2 Å². The molecule has 0 aliphatic carbocycles. The van der Waals surface area contributed by atoms with E-state index >= 15 is 0 Å². The Kier molecular flexibility index (Phi) is 4.03. The van der Waals surface area contributed by atoms with Crippen LogP contribution in [-0.4, -0.2) is 58.0 Å². The molecule has 1 amide bonds. The van der Waals surface area contributed by atoms with Gasteiger partial charge in [0.1, 0.15) is 12.9 Å². The Morgan fingerprint density at radius 3 is 2.92 bits per heavy atom. The summed E-state index contributed by atoms with van der Waals surface area (Å²) in [6.07, 6.45) is 1.52. The third-order valence-electron chi connectivity index (χ3n) is 5.21. The van der Waals surface area contributed by atoms with Crippen molar-refractivity contribution >= 4 is 11.9 Å². The van der Waals surface area contributed by atoms with Gasteiger partial charge in [0.25, 0.3) is 5.91 Å². The molecule has 26 heavy (non-hydrogen) atoms. The smallest absolute Gasteiger partial charge is 0.253 e. The van der Waals surface area contributed by atoms with E-state index < -0.39 is 0 Å². The second-order valence-electron chi connectivity index (χ2n) is 6.80. The van der Waals surface area contributed by atoms with Crippen molar-refractivity contribution in [1.29, 1.82) is 0 Å². The molecule has 4 rings (SSSR count). The molecule has 4 heterocycles. The molecule has 1 atom stereocenters. The number of carbonyl (C=O) groups excluding carboxylic acids is 1. The van der Waals surface area contributed by atoms with Crippen molar-refractivity contribution in [3.63, 3.8) is 0 Å². The van der Waals surface area contributed by atoms with E-state index in [0.29, 0.717) is 25.5 Å². The monoisotopic (exact) mass is 358 g/mol. The summed E-state index contributed by atoms with van der Waals surface area (Å²) in [6, 6.07) is 1.76. The number of rotatable bonds is 4. The molecule has 2 aromatic rings. The molecule has 2 aliphatic rings. The van der Waals surface area contributed by atoms with Crippen LogP contribution in [0.3, 0.4) is 0 Å². The Hall–Kier alpha value is -2.68. The molecule has 2 aromatic heterocycles. The zero-order valence-corrected chi connectivity index (χ0v) is 15.3. The van der Waals surface area contributed by atoms with Gasteiger partial charge >= 0.3 is 0 Å². The van der Waals surface area contributed by atoms with Crippen LogP contribution >= 0.6 is 0 Å². The van der Waals surface area contributed by atoms with Crippen LogP contribution in [0.25, 0.3) is 0 Å². The van der Waals surface area contributed by atoms with Gasteiger partial charge in [0.2, 0.25) is 5.95 Å². The number of ether oxygens (including phenoxy) is 1. The molecule has 0 radical (unpaired) electrons. The van der Waals surface area contributed by atoms with Crippen molar-refractivity contribution in [2.24, 2.45) is 0 Å². The predicted molar refractivity (Wildman–Crippen MR) is 92.4 cm³/mol. The molecule has 1 fully saturated rings. The fraction of sp³-hybridized carbons (Fsp3) is 0.529. The maximum Gasteiger partial charge on any atom is 0.253 e. The fourth-order valence-electron chi connectivity index (χ4n) is 3.58. The van der Waals surface area contributed by atoms with Crippen LogP contribution in [0.1, 0.15) is 37.3 Å². The van der Waals surface area contributed by atoms with Crippen LogP contribution in [0.5, 0.6) is 0 Å². The molecule has 1 saturated heterocycles. The summed E-state index contributed by atoms with van der Waals surface area (Å²) < 4.78 is 12.1. The van der Waals surface area contributed by atoms with E-state index in [0.717, 1.165) is 22.9 Å². The van der Waals surface area contributed by atoms with Gasteiger partial charge in [-0.2, -0.15) is 10.1 Å². The van der Waals surface area contributed by atoms with Crippen molar-refractivity contribution in [3.05, 3.63) is 35.1 Å². The lowest BCUT2D eigenvalue weighted by Crippen LogP contribution is -2.50. The van der Waals surface area contributed by atoms with Gasteiger partial charge in [0, 0.05) is 44.9 Å². The molecule has 1 unspecified atom stereocenters. The summed E-state index contributed by atoms with van der Waals surface area (Å²) in [7, 11) is 3.52. The summed E-state index contributed by atoms with van der Waals surface area (Å²) in [5, 5.41) is 8.36. The maximum atomic E-state index is 13.1. The van der Waals surface area contributed by atoms with Crippen LogP contribution < -0.4 is 4.90 Å². The zero-order chi connectivity index (χ0) is 18.4. The highest BCUT2D eigenvalue weighted by molar-refractivity contribution is 5.96. The van der Waals surface area contributed by atoms with Crippen LogP contribution in [0.2, 0.25) is 0 Å². The minimum atomic E-state index is -0.143. The zero-order valence-electron chi connectivity index (χ0n) is 15.3. The predicted octanol–water partition coefficient (Wildman–Crippen LogP) is 1.32. The molecule has 0 saturated carbocycles. The Morgan fingerprint density at radius 2 is 2.19 bits per heavy atom. The molecule has 0 N–H and O–H groups in total. The van der Waals surface area contributed by atoms with E-state index in [4.69, 9.17) is 9.26 Å². The van der Waals surface area contributed by atoms with Crippen LogP contribution in [0.4, 0.5) is 5.95 Å². The molecule has 0 aromatic carbocycles. The number of likely N-dealkylation sites (tertiary alicyclic amines) is 1. The molecule has 0 bridgehead atoms. The average molecular weight is 358 g/mol. The summed E-state index contributed by atoms with van der Waals surface area (Å²) in [5.74, 6) is 1.70. The van der Waals surface area contributed by atoms with E-state index in [9.17, 15) is 4.79 Å². The van der Waals surface area contributed by atoms with Gasteiger partial charge in [-0.15, -0.1) is 0 Å². The molecule has 2 aliphatic heterocycles. The van der Waals surface area contributed by atoms with E-state index in [1.54, 1.807) is 11.8 Å². The summed E-state index contributed by atoms with van der Waals surface area (Å²) in [6.45, 7) is 5.60. The first-order chi connectivity index (χ1) is 12.5. The van der Waals surface area contributed by atoms with Gasteiger partial charge in [-0.05, 0) is 13.8 Å². The lowest BCUT2D eigenvalue weighted by molar-refractivity contribution is -0.132. The van der Waals surface area contributed by atoms with Crippen LogP contribution in [0.15, 0.2) is 28.2 Å². The van der Waals surface area contributed by atoms with Gasteiger partial charge in [0.05, 0.1) is 17.3 Å². The standard InChI is InChI=1S/C17H22N6O3/c1-10-15(11(2)23-17(21(10)3)18-9-19-23)16(24)22-6-12(7-22)14-5-13(8-25-4)26-20-14/h5,9,11-12H,6-8H2,1-4H3. The first-order valence-corrected chi connectivity index (χ1v) is 8.59. The number of nitrogens with zero attached hydrogens (tertiary/aromatic N) is 6. The second-order valence-corrected chi connectivity index (χ2v) is 6.80. The molecular weight excluding hydrogens is 336 g/mol. The normalized spacial score (nSPS) is 20.4. The number of hydrogen-bond acceptors (Lipinski definition) is 7. The Balaban J connectivity index is 1.48. The lowest BCUT2D eigenvalue weighted by Gasteiger charge is -2.41. The van der Waals surface area contributed by atoms with Crippen LogP contribution in [-0.2, 0) is 16.1 Å². The number of methoxy groups -OCH3 is 1. The minimum Gasteiger partial charge on any atom is -0.377 e. The quantitative estimate of drug-likeness (QED) is 0.814. The van der Waals surface area contributed by atoms with Crippen LogP contribution in [0, 0.1) is 0 Å². The topological polar surface area (TPSA) is 89.5 Å². The molecular formula is C17H22N6O3. The number of anilines is 1. The van der Waals surface area contributed by atoms with Gasteiger partial charge in [-0.25, -0.2) is 4.68 Å². The largest absolute Gasteiger partial charge is 0.377 e. The van der Waals surface area contributed by atoms with Crippen molar-refractivity contribution in [2.45, 2.75) is 32.4 Å². The first-order valence-electron chi connectivity index (χ1n) is 8.59. The number of aromatic nitrogens is 4. The summed E-state index contributed by atoms with van der Waals surface area (Å²) in [5.41, 5.74) is 2.54. The van der Waals surface area contributed by atoms with Gasteiger partial charge in [0.15, 0.2) is 5.76 Å². The number of carbonyl (C=O) groups is 1. The second kappa shape index (κ2) is 6.24. The molecule has 0 spiro atoms. The highest BCUT2D eigenvalue weighted by Crippen LogP contribution is 2.36. The summed E-state index contributed by atoms with van der Waals surface area (Å²) >= 11 is 0. The third-order valence-corrected chi connectivity index (χ3v) is 5.21. The fourth-order valence-corrected chi connectivity index (χ4v) is 3.58. The van der Waals surface area contributed by atoms with Crippen molar-refractivity contribution in [1.82, 2.24) is 24.8 Å². The van der Waals surface area contributed by atoms with Gasteiger partial charge in [-0.3, -0.25) is 4.79 Å². The van der Waals surface area contributed by atoms with Gasteiger partial charge < -0.3 is 19.1 Å². The molecule has 138 valence electrons. The molecule has 9 nitrogen and oxygen atoms in total. The van der Waals surface area contributed by atoms with E-state index in [1.807, 2.05) is 36.8 Å². The Morgan fingerprint density at radius 1 is 1.42 bits per heavy atom. The van der Waals surface area contributed by atoms with E-state index in [-0.39, 0.29) is 17.9 Å². The Labute approximate surface area is 151 Å². The number of amides is 1. The molecule has 9 heteroatoms. The number of hydrogen-bond donors (Lipinski definition) is 0. The lowest BCUT2D eigenvalue weighted by atomic mass is 9.93. The van der Waals surface area contributed by atoms with E-state index in [1.165, 1.54) is 6.33 Å². The number of allylic oxidation sites excluding steroid dienone is 1. The summed E-state index contributed by atoms with van der Waals surface area (Å²) in [4.78, 5) is 21.1. The van der Waals surface area contributed by atoms with Crippen molar-refractivity contribution in [2.75, 3.05) is 32.1 Å². The van der Waals surface area contributed by atoms with Crippen molar-refractivity contribution < 1.29 is 14.1 Å². The average Bonchev–Trinajstić information content (AvgIpc) is 3.22. The van der Waals surface area contributed by atoms with Gasteiger partial charge in [-0.1, -0.05) is 5.16 Å². The maximum absolute atomic E-state index is 13.1. The van der Waals surface area contributed by atoms with Crippen molar-refractivity contribution in [3.8, 4) is 0 Å². The number of fused-ring (bicyclic) bond motifs is 1. The highest BCUT2D eigenvalue weighted by Gasteiger charge is 2.39. The third kappa shape index (κ3) is 2.50.